The first-order valence-corrected chi connectivity index (χ1v) is 4.65. The number of fused-ring (bicyclic) bond motifs is 1. The van der Waals surface area contributed by atoms with Gasteiger partial charge in [0.25, 0.3) is 0 Å². The largest absolute Gasteiger partial charge is 0.498 e. The molecule has 0 atom stereocenters. The molecule has 0 fully saturated rings. The number of hydrogen-bond acceptors (Lipinski definition) is 4. The van der Waals surface area contributed by atoms with Crippen LogP contribution < -0.4 is 5.73 Å². The maximum atomic E-state index is 10.7. The molecule has 1 aromatic heterocycles. The SMILES string of the molecule is Nc1c(O)sc2ccc(C(=O)O)cc12. The van der Waals surface area contributed by atoms with Gasteiger partial charge in [-0.25, -0.2) is 4.79 Å². The van der Waals surface area contributed by atoms with Crippen LogP contribution in [0.2, 0.25) is 0 Å². The van der Waals surface area contributed by atoms with Crippen LogP contribution in [0.1, 0.15) is 10.4 Å². The Hall–Kier alpha value is -1.75. The van der Waals surface area contributed by atoms with Crippen molar-refractivity contribution in [3.8, 4) is 5.06 Å². The summed E-state index contributed by atoms with van der Waals surface area (Å²) in [5.41, 5.74) is 5.99. The molecule has 72 valence electrons. The molecule has 4 nitrogen and oxygen atoms in total. The lowest BCUT2D eigenvalue weighted by Gasteiger charge is -1.94. The second-order valence-corrected chi connectivity index (χ2v) is 3.87. The molecule has 0 radical (unpaired) electrons. The summed E-state index contributed by atoms with van der Waals surface area (Å²) in [6.07, 6.45) is 0. The summed E-state index contributed by atoms with van der Waals surface area (Å²) in [5.74, 6) is -1.00. The monoisotopic (exact) mass is 209 g/mol. The molecule has 1 aromatic carbocycles. The summed E-state index contributed by atoms with van der Waals surface area (Å²) in [5, 5.41) is 18.7. The fourth-order valence-electron chi connectivity index (χ4n) is 1.24. The summed E-state index contributed by atoms with van der Waals surface area (Å²) in [6, 6.07) is 4.59. The number of rotatable bonds is 1. The summed E-state index contributed by atoms with van der Waals surface area (Å²) in [7, 11) is 0. The number of aromatic hydroxyl groups is 1. The van der Waals surface area contributed by atoms with E-state index in [9.17, 15) is 9.90 Å². The first-order chi connectivity index (χ1) is 6.59. The highest BCUT2D eigenvalue weighted by Gasteiger charge is 2.10. The average molecular weight is 209 g/mol. The molecule has 0 unspecified atom stereocenters. The predicted molar refractivity (Wildman–Crippen MR) is 54.9 cm³/mol. The molecule has 0 aliphatic rings. The van der Waals surface area contributed by atoms with Gasteiger partial charge in [-0.1, -0.05) is 11.3 Å². The summed E-state index contributed by atoms with van der Waals surface area (Å²) < 4.78 is 0.782. The number of nitrogens with two attached hydrogens (primary N) is 1. The van der Waals surface area contributed by atoms with Crippen LogP contribution in [0.15, 0.2) is 18.2 Å². The fourth-order valence-corrected chi connectivity index (χ4v) is 2.08. The number of hydrogen-bond donors (Lipinski definition) is 3. The number of nitrogen functional groups attached to an aromatic ring is 1. The maximum absolute atomic E-state index is 10.7. The third kappa shape index (κ3) is 1.18. The first kappa shape index (κ1) is 8.83. The van der Waals surface area contributed by atoms with E-state index < -0.39 is 5.97 Å². The minimum Gasteiger partial charge on any atom is -0.498 e. The van der Waals surface area contributed by atoms with Gasteiger partial charge >= 0.3 is 5.97 Å². The molecule has 2 aromatic rings. The Morgan fingerprint density at radius 3 is 2.79 bits per heavy atom. The normalized spacial score (nSPS) is 10.6. The number of carboxylic acid groups (broad SMARTS) is 1. The molecule has 0 aliphatic carbocycles. The van der Waals surface area contributed by atoms with E-state index >= 15 is 0 Å². The zero-order chi connectivity index (χ0) is 10.3. The predicted octanol–water partition coefficient (Wildman–Crippen LogP) is 1.89. The lowest BCUT2D eigenvalue weighted by atomic mass is 10.1. The van der Waals surface area contributed by atoms with Crippen molar-refractivity contribution in [2.45, 2.75) is 0 Å². The smallest absolute Gasteiger partial charge is 0.335 e. The number of carbonyl (C=O) groups is 1. The Kier molecular flexibility index (Phi) is 1.82. The second kappa shape index (κ2) is 2.88. The van der Waals surface area contributed by atoms with E-state index in [2.05, 4.69) is 0 Å². The van der Waals surface area contributed by atoms with E-state index in [0.717, 1.165) is 16.0 Å². The van der Waals surface area contributed by atoms with Gasteiger partial charge in [-0.05, 0) is 18.2 Å². The zero-order valence-corrected chi connectivity index (χ0v) is 7.84. The van der Waals surface area contributed by atoms with E-state index in [4.69, 9.17) is 10.8 Å². The van der Waals surface area contributed by atoms with Crippen molar-refractivity contribution in [1.82, 2.24) is 0 Å². The van der Waals surface area contributed by atoms with Crippen LogP contribution in [0.5, 0.6) is 5.06 Å². The van der Waals surface area contributed by atoms with Crippen molar-refractivity contribution in [2.24, 2.45) is 0 Å². The van der Waals surface area contributed by atoms with E-state index in [1.165, 1.54) is 12.1 Å². The minimum absolute atomic E-state index is 0.0301. The van der Waals surface area contributed by atoms with Crippen molar-refractivity contribution < 1.29 is 15.0 Å². The summed E-state index contributed by atoms with van der Waals surface area (Å²) in [6.45, 7) is 0. The molecule has 14 heavy (non-hydrogen) atoms. The Bertz CT molecular complexity index is 518. The number of aromatic carboxylic acids is 1. The highest BCUT2D eigenvalue weighted by atomic mass is 32.1. The molecule has 0 amide bonds. The van der Waals surface area contributed by atoms with Crippen molar-refractivity contribution in [3.05, 3.63) is 23.8 Å². The van der Waals surface area contributed by atoms with Crippen molar-refractivity contribution >= 4 is 33.1 Å². The van der Waals surface area contributed by atoms with Crippen molar-refractivity contribution in [2.75, 3.05) is 5.73 Å². The molecule has 0 saturated heterocycles. The van der Waals surface area contributed by atoms with Crippen LogP contribution in [-0.4, -0.2) is 16.2 Å². The van der Waals surface area contributed by atoms with Crippen LogP contribution in [0.3, 0.4) is 0 Å². The number of anilines is 1. The van der Waals surface area contributed by atoms with Gasteiger partial charge in [-0.3, -0.25) is 0 Å². The molecule has 1 heterocycles. The number of benzene rings is 1. The Labute approximate surface area is 83.2 Å². The van der Waals surface area contributed by atoms with Gasteiger partial charge in [0.2, 0.25) is 0 Å². The van der Waals surface area contributed by atoms with E-state index in [0.29, 0.717) is 5.39 Å². The van der Waals surface area contributed by atoms with Gasteiger partial charge in [-0.2, -0.15) is 0 Å². The molecule has 0 aliphatic heterocycles. The summed E-state index contributed by atoms with van der Waals surface area (Å²) >= 11 is 1.14. The molecular formula is C9H7NO3S. The molecule has 0 spiro atoms. The van der Waals surface area contributed by atoms with E-state index in [1.807, 2.05) is 0 Å². The maximum Gasteiger partial charge on any atom is 0.335 e. The Balaban J connectivity index is 2.76. The second-order valence-electron chi connectivity index (χ2n) is 2.84. The molecule has 0 saturated carbocycles. The van der Waals surface area contributed by atoms with Crippen LogP contribution in [-0.2, 0) is 0 Å². The third-order valence-corrected chi connectivity index (χ3v) is 2.94. The minimum atomic E-state index is -1.00. The van der Waals surface area contributed by atoms with Crippen molar-refractivity contribution in [3.63, 3.8) is 0 Å². The number of thiophene rings is 1. The topological polar surface area (TPSA) is 83.5 Å². The van der Waals surface area contributed by atoms with Gasteiger partial charge in [0.1, 0.15) is 0 Å². The van der Waals surface area contributed by atoms with Gasteiger partial charge in [0.15, 0.2) is 5.06 Å². The van der Waals surface area contributed by atoms with Crippen LogP contribution in [0.25, 0.3) is 10.1 Å². The first-order valence-electron chi connectivity index (χ1n) is 3.84. The van der Waals surface area contributed by atoms with Gasteiger partial charge in [0, 0.05) is 10.1 Å². The van der Waals surface area contributed by atoms with Crippen molar-refractivity contribution in [1.29, 1.82) is 0 Å². The van der Waals surface area contributed by atoms with Crippen LogP contribution >= 0.6 is 11.3 Å². The van der Waals surface area contributed by atoms with E-state index in [1.54, 1.807) is 6.07 Å². The molecule has 5 heteroatoms. The lowest BCUT2D eigenvalue weighted by molar-refractivity contribution is 0.0697. The van der Waals surface area contributed by atoms with Gasteiger partial charge < -0.3 is 15.9 Å². The summed E-state index contributed by atoms with van der Waals surface area (Å²) in [4.78, 5) is 10.7. The molecular weight excluding hydrogens is 202 g/mol. The molecule has 0 bridgehead atoms. The fraction of sp³-hybridized carbons (Fsp3) is 0. The Morgan fingerprint density at radius 1 is 1.43 bits per heavy atom. The van der Waals surface area contributed by atoms with Gasteiger partial charge in [0.05, 0.1) is 11.3 Å². The highest BCUT2D eigenvalue weighted by molar-refractivity contribution is 7.21. The number of carboxylic acids is 1. The van der Waals surface area contributed by atoms with Gasteiger partial charge in [-0.15, -0.1) is 0 Å². The quantitative estimate of drug-likeness (QED) is 0.669. The zero-order valence-electron chi connectivity index (χ0n) is 7.02. The van der Waals surface area contributed by atoms with Crippen LogP contribution in [0, 0.1) is 0 Å². The molecule has 4 N–H and O–H groups in total. The van der Waals surface area contributed by atoms with E-state index in [-0.39, 0.29) is 16.3 Å². The standard InChI is InChI=1S/C9H7NO3S/c10-7-5-3-4(8(11)12)1-2-6(5)14-9(7)13/h1-3,13H,10H2,(H,11,12). The Morgan fingerprint density at radius 2 is 2.14 bits per heavy atom. The highest BCUT2D eigenvalue weighted by Crippen LogP contribution is 2.39. The third-order valence-electron chi connectivity index (χ3n) is 1.95. The molecule has 2 rings (SSSR count). The lowest BCUT2D eigenvalue weighted by Crippen LogP contribution is -1.95. The average Bonchev–Trinajstić information content (AvgIpc) is 2.43. The van der Waals surface area contributed by atoms with Crippen LogP contribution in [0.4, 0.5) is 5.69 Å².